The summed E-state index contributed by atoms with van der Waals surface area (Å²) in [5.74, 6) is 6.37. The first-order valence-electron chi connectivity index (χ1n) is 8.95. The van der Waals surface area contributed by atoms with Crippen molar-refractivity contribution in [2.75, 3.05) is 70.0 Å². The zero-order valence-corrected chi connectivity index (χ0v) is 22.1. The van der Waals surface area contributed by atoms with Crippen LogP contribution in [0, 0.1) is 0 Å². The molecule has 0 aromatic carbocycles. The maximum absolute atomic E-state index is 4.38. The molecule has 0 heterocycles. The van der Waals surface area contributed by atoms with E-state index in [1.807, 2.05) is 0 Å². The number of halogens is 2. The largest absolute Gasteiger partial charge is 0.309 e. The van der Waals surface area contributed by atoms with E-state index in [-0.39, 0.29) is 24.8 Å². The van der Waals surface area contributed by atoms with Crippen molar-refractivity contribution in [3.05, 3.63) is 0 Å². The monoisotopic (exact) mass is 468 g/mol. The first-order chi connectivity index (χ1) is 10.9. The van der Waals surface area contributed by atoms with E-state index in [2.05, 4.69) is 80.7 Å². The van der Waals surface area contributed by atoms with Crippen LogP contribution in [0.15, 0.2) is 0 Å². The van der Waals surface area contributed by atoms with Crippen LogP contribution in [0.1, 0.15) is 12.8 Å². The summed E-state index contributed by atoms with van der Waals surface area (Å²) in [6, 6.07) is 4.52. The van der Waals surface area contributed by atoms with Gasteiger partial charge in [-0.3, -0.25) is 0 Å². The van der Waals surface area contributed by atoms with Crippen molar-refractivity contribution in [3.8, 4) is 0 Å². The molecule has 0 N–H and O–H groups in total. The molecule has 0 fully saturated rings. The molecule has 156 valence electrons. The summed E-state index contributed by atoms with van der Waals surface area (Å²) in [6.07, 6.45) is 2.70. The molecule has 0 atom stereocenters. The maximum Gasteiger partial charge on any atom is 0.0521 e. The third-order valence-corrected chi connectivity index (χ3v) is 11.7. The lowest BCUT2D eigenvalue weighted by Crippen LogP contribution is -2.31. The molecule has 0 aromatic heterocycles. The molecule has 0 saturated heterocycles. The molecule has 25 heavy (non-hydrogen) atoms. The Balaban J connectivity index is -0.00000242. The fourth-order valence-corrected chi connectivity index (χ4v) is 10.9. The van der Waals surface area contributed by atoms with Crippen LogP contribution in [-0.4, -0.2) is 87.9 Å². The molecule has 2 nitrogen and oxygen atoms in total. The number of rotatable bonds is 16. The molecule has 0 bridgehead atoms. The molecule has 8 heteroatoms. The average molecular weight is 470 g/mol. The smallest absolute Gasteiger partial charge is 0.0521 e. The highest BCUT2D eigenvalue weighted by molar-refractivity contribution is 7.99. The fraction of sp³-hybridized carbons (Fsp3) is 1.00. The quantitative estimate of drug-likeness (QED) is 0.188. The predicted octanol–water partition coefficient (Wildman–Crippen LogP) is 5.21. The summed E-state index contributed by atoms with van der Waals surface area (Å²) in [4.78, 5) is 4.58. The first-order valence-corrected chi connectivity index (χ1v) is 15.0. The molecule has 0 unspecified atom stereocenters. The minimum absolute atomic E-state index is 0. The van der Waals surface area contributed by atoms with Crippen molar-refractivity contribution in [1.29, 1.82) is 0 Å². The lowest BCUT2D eigenvalue weighted by Gasteiger charge is -2.27. The number of hydrogen-bond acceptors (Lipinski definition) is 5. The summed E-state index contributed by atoms with van der Waals surface area (Å²) in [7, 11) is 7.63. The Morgan fingerprint density at radius 1 is 0.720 bits per heavy atom. The Bertz CT molecular complexity index is 258. The third kappa shape index (κ3) is 21.9. The van der Waals surface area contributed by atoms with Crippen LogP contribution >= 0.6 is 61.0 Å². The van der Waals surface area contributed by atoms with E-state index >= 15 is 0 Å². The van der Waals surface area contributed by atoms with Crippen molar-refractivity contribution in [2.45, 2.75) is 37.5 Å². The second-order valence-electron chi connectivity index (χ2n) is 7.32. The van der Waals surface area contributed by atoms with Crippen LogP contribution in [-0.2, 0) is 0 Å². The topological polar surface area (TPSA) is 6.48 Å². The van der Waals surface area contributed by atoms with E-state index in [0.29, 0.717) is 0 Å². The van der Waals surface area contributed by atoms with Crippen LogP contribution in [0.4, 0.5) is 0 Å². The molecule has 0 radical (unpaired) electrons. The van der Waals surface area contributed by atoms with E-state index in [9.17, 15) is 0 Å². The number of thioether (sulfide) groups is 2. The van der Waals surface area contributed by atoms with Gasteiger partial charge in [0.1, 0.15) is 0 Å². The highest BCUT2D eigenvalue weighted by atomic mass is 35.5. The summed E-state index contributed by atoms with van der Waals surface area (Å²) in [6.45, 7) is 5.08. The van der Waals surface area contributed by atoms with E-state index in [1.165, 1.54) is 67.1 Å². The number of hydrogen-bond donors (Lipinski definition) is 1. The lowest BCUT2D eigenvalue weighted by molar-refractivity contribution is 0.437. The molecular weight excluding hydrogens is 427 g/mol. The highest BCUT2D eigenvalue weighted by Crippen LogP contribution is 2.27. The number of nitrogens with zero attached hydrogens (tertiary/aromatic N) is 2. The molecule has 0 saturated carbocycles. The van der Waals surface area contributed by atoms with Crippen LogP contribution in [0.25, 0.3) is 0 Å². The van der Waals surface area contributed by atoms with Gasteiger partial charge in [0, 0.05) is 24.6 Å². The van der Waals surface area contributed by atoms with E-state index < -0.39 is 8.07 Å². The zero-order valence-electron chi connectivity index (χ0n) is 17.0. The summed E-state index contributed by atoms with van der Waals surface area (Å²) >= 11 is 8.70. The standard InChI is InChI=1S/C17H40N2S3Si.2ClH/c1-18(2)8-11-21-13-16-23(5,15-7-6-10-20)17-14-22-12-9-19(3)4;;/h20H,6-17H2,1-5H3;2*1H. The van der Waals surface area contributed by atoms with Gasteiger partial charge in [0.05, 0.1) is 8.07 Å². The predicted molar refractivity (Wildman–Crippen MR) is 135 cm³/mol. The van der Waals surface area contributed by atoms with Gasteiger partial charge < -0.3 is 9.80 Å². The van der Waals surface area contributed by atoms with Gasteiger partial charge in [0.2, 0.25) is 0 Å². The molecular formula is C17H42Cl2N2S3Si. The zero-order chi connectivity index (χ0) is 17.6. The van der Waals surface area contributed by atoms with Gasteiger partial charge >= 0.3 is 0 Å². The van der Waals surface area contributed by atoms with Gasteiger partial charge in [-0.25, -0.2) is 0 Å². The molecule has 0 amide bonds. The number of thiol groups is 1. The minimum Gasteiger partial charge on any atom is -0.309 e. The molecule has 0 aliphatic carbocycles. The summed E-state index contributed by atoms with van der Waals surface area (Å²) in [5, 5.41) is 0. The SMILES string of the molecule is CN(C)CCSCC[Si](C)(CCCCS)CCSCCN(C)C.Cl.Cl. The van der Waals surface area contributed by atoms with Crippen LogP contribution in [0.5, 0.6) is 0 Å². The minimum atomic E-state index is -1.04. The average Bonchev–Trinajstić information content (AvgIpc) is 2.46. The Kier molecular flexibility index (Phi) is 25.8. The Hall–Kier alpha value is 1.77. The van der Waals surface area contributed by atoms with Crippen molar-refractivity contribution < 1.29 is 0 Å². The Morgan fingerprint density at radius 3 is 1.52 bits per heavy atom. The molecule has 0 aliphatic rings. The fourth-order valence-electron chi connectivity index (χ4n) is 2.37. The molecule has 0 spiro atoms. The van der Waals surface area contributed by atoms with Crippen LogP contribution in [0.2, 0.25) is 24.7 Å². The van der Waals surface area contributed by atoms with E-state index in [1.54, 1.807) is 0 Å². The van der Waals surface area contributed by atoms with E-state index in [0.717, 1.165) is 5.75 Å². The highest BCUT2D eigenvalue weighted by Gasteiger charge is 2.25. The molecule has 0 aromatic rings. The third-order valence-electron chi connectivity index (χ3n) is 4.25. The maximum atomic E-state index is 4.38. The summed E-state index contributed by atoms with van der Waals surface area (Å²) < 4.78 is 0. The van der Waals surface area contributed by atoms with Crippen molar-refractivity contribution in [1.82, 2.24) is 9.80 Å². The van der Waals surface area contributed by atoms with Gasteiger partial charge in [-0.2, -0.15) is 36.2 Å². The molecule has 0 rings (SSSR count). The van der Waals surface area contributed by atoms with Crippen LogP contribution in [0.3, 0.4) is 0 Å². The van der Waals surface area contributed by atoms with Crippen molar-refractivity contribution >= 4 is 69.0 Å². The summed E-state index contributed by atoms with van der Waals surface area (Å²) in [5.41, 5.74) is 0. The second-order valence-corrected chi connectivity index (χ2v) is 15.3. The van der Waals surface area contributed by atoms with Gasteiger partial charge in [0.25, 0.3) is 0 Å². The lowest BCUT2D eigenvalue weighted by atomic mass is 10.4. The Labute approximate surface area is 185 Å². The Morgan fingerprint density at radius 2 is 1.16 bits per heavy atom. The van der Waals surface area contributed by atoms with Gasteiger partial charge in [0.15, 0.2) is 0 Å². The normalized spacial score (nSPS) is 11.5. The van der Waals surface area contributed by atoms with Crippen molar-refractivity contribution in [2.24, 2.45) is 0 Å². The van der Waals surface area contributed by atoms with Gasteiger partial charge in [-0.15, -0.1) is 24.8 Å². The van der Waals surface area contributed by atoms with Crippen molar-refractivity contribution in [3.63, 3.8) is 0 Å². The first kappa shape index (κ1) is 31.5. The van der Waals surface area contributed by atoms with E-state index in [4.69, 9.17) is 0 Å². The van der Waals surface area contributed by atoms with Crippen LogP contribution < -0.4 is 0 Å². The number of unbranched alkanes of at least 4 members (excludes halogenated alkanes) is 1. The molecule has 0 aliphatic heterocycles. The second kappa shape index (κ2) is 20.5. The van der Waals surface area contributed by atoms with Gasteiger partial charge in [-0.05, 0) is 64.0 Å². The van der Waals surface area contributed by atoms with Gasteiger partial charge in [-0.1, -0.05) is 19.0 Å².